The maximum atomic E-state index is 12.7. The number of aryl methyl sites for hydroxylation is 1. The molecule has 0 atom stereocenters. The summed E-state index contributed by atoms with van der Waals surface area (Å²) < 4.78 is 7.14. The van der Waals surface area contributed by atoms with Gasteiger partial charge >= 0.3 is 0 Å². The van der Waals surface area contributed by atoms with E-state index in [1.807, 2.05) is 41.3 Å². The summed E-state index contributed by atoms with van der Waals surface area (Å²) in [4.78, 5) is 31.8. The maximum absolute atomic E-state index is 12.7. The van der Waals surface area contributed by atoms with Crippen LogP contribution >= 0.6 is 0 Å². The second kappa shape index (κ2) is 9.32. The molecule has 0 aliphatic carbocycles. The molecule has 1 aliphatic heterocycles. The van der Waals surface area contributed by atoms with Gasteiger partial charge in [-0.05, 0) is 43.2 Å². The molecular weight excluding hydrogens is 416 g/mol. The van der Waals surface area contributed by atoms with E-state index in [1.165, 1.54) is 12.5 Å². The minimum absolute atomic E-state index is 0.0151. The molecule has 1 fully saturated rings. The summed E-state index contributed by atoms with van der Waals surface area (Å²) in [6, 6.07) is 19.9. The first-order valence-corrected chi connectivity index (χ1v) is 11.3. The van der Waals surface area contributed by atoms with E-state index >= 15 is 0 Å². The van der Waals surface area contributed by atoms with Crippen molar-refractivity contribution in [3.8, 4) is 5.69 Å². The van der Waals surface area contributed by atoms with E-state index in [1.54, 1.807) is 6.07 Å². The number of rotatable bonds is 6. The molecule has 7 heteroatoms. The summed E-state index contributed by atoms with van der Waals surface area (Å²) in [5.74, 6) is 0.868. The van der Waals surface area contributed by atoms with Crippen LogP contribution in [-0.4, -0.2) is 45.4 Å². The summed E-state index contributed by atoms with van der Waals surface area (Å²) in [7, 11) is 0. The topological polar surface area (TPSA) is 80.4 Å². The Bertz CT molecular complexity index is 1240. The third kappa shape index (κ3) is 4.53. The number of carbonyl (C=O) groups is 2. The third-order valence-corrected chi connectivity index (χ3v) is 6.14. The van der Waals surface area contributed by atoms with Gasteiger partial charge in [0.1, 0.15) is 12.1 Å². The summed E-state index contributed by atoms with van der Waals surface area (Å²) in [5, 5.41) is 3.14. The van der Waals surface area contributed by atoms with E-state index in [4.69, 9.17) is 9.40 Å². The second-order valence-corrected chi connectivity index (χ2v) is 8.33. The van der Waals surface area contributed by atoms with Crippen molar-refractivity contribution in [2.75, 3.05) is 13.1 Å². The molecule has 7 nitrogen and oxygen atoms in total. The van der Waals surface area contributed by atoms with Gasteiger partial charge in [-0.2, -0.15) is 0 Å². The highest BCUT2D eigenvalue weighted by atomic mass is 16.3. The van der Waals surface area contributed by atoms with Crippen molar-refractivity contribution >= 4 is 22.8 Å². The number of nitrogens with one attached hydrogen (secondary N) is 1. The Balaban J connectivity index is 1.20. The maximum Gasteiger partial charge on any atom is 0.257 e. The molecule has 0 bridgehead atoms. The average Bonchev–Trinajstić information content (AvgIpc) is 3.51. The highest BCUT2D eigenvalue weighted by Gasteiger charge is 2.25. The minimum atomic E-state index is -0.0201. The fourth-order valence-corrected chi connectivity index (χ4v) is 4.43. The smallest absolute Gasteiger partial charge is 0.257 e. The average molecular weight is 443 g/mol. The number of fused-ring (bicyclic) bond motifs is 1. The Hall–Kier alpha value is -3.87. The van der Waals surface area contributed by atoms with Crippen LogP contribution in [0.5, 0.6) is 0 Å². The quantitative estimate of drug-likeness (QED) is 0.490. The zero-order valence-corrected chi connectivity index (χ0v) is 18.3. The van der Waals surface area contributed by atoms with Crippen LogP contribution in [0.3, 0.4) is 0 Å². The van der Waals surface area contributed by atoms with Crippen LogP contribution in [-0.2, 0) is 11.2 Å². The lowest BCUT2D eigenvalue weighted by Crippen LogP contribution is -2.46. The van der Waals surface area contributed by atoms with Crippen molar-refractivity contribution in [1.29, 1.82) is 0 Å². The lowest BCUT2D eigenvalue weighted by molar-refractivity contribution is -0.122. The van der Waals surface area contributed by atoms with E-state index < -0.39 is 0 Å². The number of para-hydroxylation sites is 3. The molecule has 1 saturated heterocycles. The van der Waals surface area contributed by atoms with Crippen molar-refractivity contribution in [1.82, 2.24) is 19.8 Å². The molecule has 0 unspecified atom stereocenters. The van der Waals surface area contributed by atoms with Gasteiger partial charge in [-0.1, -0.05) is 30.3 Å². The first-order chi connectivity index (χ1) is 16.2. The monoisotopic (exact) mass is 442 g/mol. The van der Waals surface area contributed by atoms with E-state index in [0.29, 0.717) is 31.5 Å². The molecule has 2 aromatic carbocycles. The Kier molecular flexibility index (Phi) is 5.93. The normalized spacial score (nSPS) is 14.5. The number of furan rings is 1. The summed E-state index contributed by atoms with van der Waals surface area (Å²) in [6.07, 6.45) is 5.39. The number of aromatic nitrogens is 2. The molecule has 5 rings (SSSR count). The number of carbonyl (C=O) groups excluding carboxylic acids is 2. The van der Waals surface area contributed by atoms with E-state index in [0.717, 1.165) is 35.4 Å². The van der Waals surface area contributed by atoms with Gasteiger partial charge in [-0.25, -0.2) is 4.98 Å². The largest absolute Gasteiger partial charge is 0.472 e. The fourth-order valence-electron chi connectivity index (χ4n) is 4.43. The molecular formula is C26H26N4O3. The SMILES string of the molecule is O=C(CCc1nc2ccccc2n1-c1ccccc1)NC1CCN(C(=O)c2ccoc2)CC1. The third-order valence-electron chi connectivity index (χ3n) is 6.14. The van der Waals surface area contributed by atoms with Crippen LogP contribution < -0.4 is 5.32 Å². The van der Waals surface area contributed by atoms with Crippen molar-refractivity contribution in [3.05, 3.63) is 84.6 Å². The van der Waals surface area contributed by atoms with Gasteiger partial charge in [-0.3, -0.25) is 14.2 Å². The number of piperidine rings is 1. The molecule has 168 valence electrons. The van der Waals surface area contributed by atoms with Gasteiger partial charge in [0.05, 0.1) is 22.9 Å². The summed E-state index contributed by atoms with van der Waals surface area (Å²) in [5.41, 5.74) is 3.57. The van der Waals surface area contributed by atoms with Gasteiger partial charge < -0.3 is 14.6 Å². The lowest BCUT2D eigenvalue weighted by atomic mass is 10.0. The van der Waals surface area contributed by atoms with Crippen molar-refractivity contribution in [2.24, 2.45) is 0 Å². The molecule has 4 aromatic rings. The van der Waals surface area contributed by atoms with Crippen LogP contribution in [0.4, 0.5) is 0 Å². The Morgan fingerprint density at radius 3 is 2.52 bits per heavy atom. The second-order valence-electron chi connectivity index (χ2n) is 8.33. The highest BCUT2D eigenvalue weighted by Crippen LogP contribution is 2.22. The van der Waals surface area contributed by atoms with Crippen LogP contribution in [0.25, 0.3) is 16.7 Å². The van der Waals surface area contributed by atoms with Crippen LogP contribution in [0.2, 0.25) is 0 Å². The van der Waals surface area contributed by atoms with Gasteiger partial charge in [0.25, 0.3) is 5.91 Å². The predicted molar refractivity (Wildman–Crippen MR) is 125 cm³/mol. The number of hydrogen-bond acceptors (Lipinski definition) is 4. The van der Waals surface area contributed by atoms with Crippen molar-refractivity contribution < 1.29 is 14.0 Å². The summed E-state index contributed by atoms with van der Waals surface area (Å²) >= 11 is 0. The first-order valence-electron chi connectivity index (χ1n) is 11.3. The zero-order chi connectivity index (χ0) is 22.6. The minimum Gasteiger partial charge on any atom is -0.472 e. The number of likely N-dealkylation sites (tertiary alicyclic amines) is 1. The number of amides is 2. The van der Waals surface area contributed by atoms with Crippen LogP contribution in [0.15, 0.2) is 77.6 Å². The number of nitrogens with zero attached hydrogens (tertiary/aromatic N) is 3. The number of imidazole rings is 1. The van der Waals surface area contributed by atoms with Gasteiger partial charge in [0.15, 0.2) is 0 Å². The molecule has 1 aliphatic rings. The van der Waals surface area contributed by atoms with Crippen molar-refractivity contribution in [2.45, 2.75) is 31.7 Å². The van der Waals surface area contributed by atoms with Crippen LogP contribution in [0.1, 0.15) is 35.4 Å². The first kappa shape index (κ1) is 21.0. The molecule has 0 spiro atoms. The highest BCUT2D eigenvalue weighted by molar-refractivity contribution is 5.93. The lowest BCUT2D eigenvalue weighted by Gasteiger charge is -2.32. The van der Waals surface area contributed by atoms with Gasteiger partial charge in [-0.15, -0.1) is 0 Å². The van der Waals surface area contributed by atoms with E-state index in [2.05, 4.69) is 28.1 Å². The molecule has 33 heavy (non-hydrogen) atoms. The standard InChI is InChI=1S/C26H26N4O3/c31-25(27-20-12-15-29(16-13-20)26(32)19-14-17-33-18-19)11-10-24-28-22-8-4-5-9-23(22)30(24)21-6-2-1-3-7-21/h1-9,14,17-18,20H,10-13,15-16H2,(H,27,31). The van der Waals surface area contributed by atoms with Gasteiger partial charge in [0.2, 0.25) is 5.91 Å². The predicted octanol–water partition coefficient (Wildman–Crippen LogP) is 3.97. The Morgan fingerprint density at radius 2 is 1.76 bits per heavy atom. The molecule has 2 aromatic heterocycles. The number of benzene rings is 2. The molecule has 3 heterocycles. The van der Waals surface area contributed by atoms with Crippen LogP contribution in [0, 0.1) is 0 Å². The van der Waals surface area contributed by atoms with E-state index in [-0.39, 0.29) is 17.9 Å². The summed E-state index contributed by atoms with van der Waals surface area (Å²) in [6.45, 7) is 1.25. The molecule has 1 N–H and O–H groups in total. The molecule has 2 amide bonds. The van der Waals surface area contributed by atoms with Crippen molar-refractivity contribution in [3.63, 3.8) is 0 Å². The van der Waals surface area contributed by atoms with E-state index in [9.17, 15) is 9.59 Å². The fraction of sp³-hybridized carbons (Fsp3) is 0.269. The van der Waals surface area contributed by atoms with Gasteiger partial charge in [0, 0.05) is 37.7 Å². The zero-order valence-electron chi connectivity index (χ0n) is 18.3. The number of hydrogen-bond donors (Lipinski definition) is 1. The molecule has 0 saturated carbocycles. The Morgan fingerprint density at radius 1 is 1.00 bits per heavy atom. The molecule has 0 radical (unpaired) electrons. The Labute approximate surface area is 192 Å².